The van der Waals surface area contributed by atoms with Crippen LogP contribution in [0, 0.1) is 5.41 Å². The van der Waals surface area contributed by atoms with Gasteiger partial charge in [-0.3, -0.25) is 10.2 Å². The first-order valence-corrected chi connectivity index (χ1v) is 6.47. The van der Waals surface area contributed by atoms with Crippen molar-refractivity contribution in [3.05, 3.63) is 22.8 Å². The Morgan fingerprint density at radius 1 is 1.56 bits per heavy atom. The Hall–Kier alpha value is -1.61. The molecular weight excluding hydrogens is 320 g/mol. The minimum atomic E-state index is -0.287. The Bertz CT molecular complexity index is 470. The van der Waals surface area contributed by atoms with Gasteiger partial charge in [-0.1, -0.05) is 11.8 Å². The fourth-order valence-electron chi connectivity index (χ4n) is 0.912. The molecule has 7 nitrogen and oxygen atoms in total. The van der Waals surface area contributed by atoms with Gasteiger partial charge < -0.3 is 16.8 Å². The van der Waals surface area contributed by atoms with E-state index >= 15 is 0 Å². The second kappa shape index (κ2) is 6.97. The highest BCUT2D eigenvalue weighted by Gasteiger charge is 2.05. The van der Waals surface area contributed by atoms with E-state index in [4.69, 9.17) is 16.9 Å². The summed E-state index contributed by atoms with van der Waals surface area (Å²) in [6.07, 6.45) is 1.57. The van der Waals surface area contributed by atoms with E-state index in [-0.39, 0.29) is 22.8 Å². The number of rotatable bonds is 3. The number of carbonyl (C=O) groups is 1. The summed E-state index contributed by atoms with van der Waals surface area (Å²) in [5, 5.41) is 9.80. The molecule has 0 saturated carbocycles. The van der Waals surface area contributed by atoms with E-state index in [9.17, 15) is 4.79 Å². The number of nitrogens with two attached hydrogens (primary N) is 2. The van der Waals surface area contributed by atoms with Crippen LogP contribution in [0.1, 0.15) is 0 Å². The molecule has 1 aromatic heterocycles. The summed E-state index contributed by atoms with van der Waals surface area (Å²) in [4.78, 5) is 19.0. The standard InChI is InChI=1S/C9H11BrN6OS/c10-5-1-2-6(14-3-5)15-7(17)4-18-9(13)16-8(11)12/h1-3H,4H2,(H,14,15,17)(H5,11,12,13,16). The van der Waals surface area contributed by atoms with Crippen molar-refractivity contribution < 1.29 is 4.79 Å². The number of halogens is 1. The van der Waals surface area contributed by atoms with Gasteiger partial charge in [0.1, 0.15) is 5.82 Å². The van der Waals surface area contributed by atoms with E-state index in [0.717, 1.165) is 16.2 Å². The van der Waals surface area contributed by atoms with Gasteiger partial charge in [0, 0.05) is 10.7 Å². The fraction of sp³-hybridized carbons (Fsp3) is 0.111. The number of hydrogen-bond donors (Lipinski definition) is 4. The maximum atomic E-state index is 11.5. The molecule has 0 saturated heterocycles. The summed E-state index contributed by atoms with van der Waals surface area (Å²) in [5.74, 6) is -0.0158. The molecule has 0 aliphatic rings. The number of hydrogen-bond acceptors (Lipinski definition) is 4. The zero-order valence-corrected chi connectivity index (χ0v) is 11.6. The molecule has 0 spiro atoms. The molecule has 0 fully saturated rings. The first kappa shape index (κ1) is 14.5. The number of guanidine groups is 1. The highest BCUT2D eigenvalue weighted by molar-refractivity contribution is 9.10. The monoisotopic (exact) mass is 330 g/mol. The third-order valence-corrected chi connectivity index (χ3v) is 2.81. The number of pyridine rings is 1. The Balaban J connectivity index is 2.40. The number of carbonyl (C=O) groups excluding carboxylic acids is 1. The van der Waals surface area contributed by atoms with E-state index in [1.807, 2.05) is 0 Å². The van der Waals surface area contributed by atoms with Crippen LogP contribution >= 0.6 is 27.7 Å². The Kier molecular flexibility index (Phi) is 5.59. The first-order valence-electron chi connectivity index (χ1n) is 4.70. The van der Waals surface area contributed by atoms with E-state index in [2.05, 4.69) is 31.2 Å². The van der Waals surface area contributed by atoms with Crippen LogP contribution in [0.25, 0.3) is 0 Å². The Morgan fingerprint density at radius 3 is 2.83 bits per heavy atom. The van der Waals surface area contributed by atoms with Gasteiger partial charge in [0.05, 0.1) is 5.75 Å². The first-order chi connectivity index (χ1) is 8.47. The van der Waals surface area contributed by atoms with Gasteiger partial charge >= 0.3 is 0 Å². The molecule has 0 atom stereocenters. The molecule has 6 N–H and O–H groups in total. The normalized spacial score (nSPS) is 9.61. The fourth-order valence-corrected chi connectivity index (χ4v) is 1.66. The largest absolute Gasteiger partial charge is 0.370 e. The number of aliphatic imine (C=N–C) groups is 1. The Labute approximate surface area is 116 Å². The minimum Gasteiger partial charge on any atom is -0.370 e. The van der Waals surface area contributed by atoms with Crippen LogP contribution in [-0.4, -0.2) is 27.8 Å². The van der Waals surface area contributed by atoms with E-state index in [1.165, 1.54) is 0 Å². The van der Waals surface area contributed by atoms with Crippen LogP contribution in [0.3, 0.4) is 0 Å². The molecule has 96 valence electrons. The van der Waals surface area contributed by atoms with Crippen LogP contribution in [0.5, 0.6) is 0 Å². The average Bonchev–Trinajstić information content (AvgIpc) is 2.29. The van der Waals surface area contributed by atoms with Crippen molar-refractivity contribution in [3.63, 3.8) is 0 Å². The smallest absolute Gasteiger partial charge is 0.236 e. The van der Waals surface area contributed by atoms with Crippen molar-refractivity contribution in [2.24, 2.45) is 16.5 Å². The number of thioether (sulfide) groups is 1. The number of aromatic nitrogens is 1. The summed E-state index contributed by atoms with van der Waals surface area (Å²) in [6.45, 7) is 0. The second-order valence-corrected chi connectivity index (χ2v) is 4.92. The van der Waals surface area contributed by atoms with Crippen molar-refractivity contribution in [2.45, 2.75) is 0 Å². The van der Waals surface area contributed by atoms with Crippen molar-refractivity contribution >= 4 is 50.5 Å². The molecule has 0 unspecified atom stereocenters. The van der Waals surface area contributed by atoms with Gasteiger partial charge in [0.2, 0.25) is 5.91 Å². The number of amides is 1. The molecule has 0 radical (unpaired) electrons. The van der Waals surface area contributed by atoms with Crippen LogP contribution < -0.4 is 16.8 Å². The van der Waals surface area contributed by atoms with E-state index in [1.54, 1.807) is 18.3 Å². The van der Waals surface area contributed by atoms with Crippen LogP contribution in [0.2, 0.25) is 0 Å². The van der Waals surface area contributed by atoms with Crippen LogP contribution in [0.15, 0.2) is 27.8 Å². The quantitative estimate of drug-likeness (QED) is 0.479. The van der Waals surface area contributed by atoms with Gasteiger partial charge in [-0.25, -0.2) is 4.98 Å². The maximum Gasteiger partial charge on any atom is 0.236 e. The van der Waals surface area contributed by atoms with Gasteiger partial charge in [0.15, 0.2) is 11.1 Å². The molecule has 1 amide bonds. The molecule has 0 bridgehead atoms. The SMILES string of the molecule is N=C(N=C(N)N)SCC(=O)Nc1ccc(Br)cn1. The lowest BCUT2D eigenvalue weighted by molar-refractivity contribution is -0.113. The highest BCUT2D eigenvalue weighted by Crippen LogP contribution is 2.11. The van der Waals surface area contributed by atoms with Gasteiger partial charge in [0.25, 0.3) is 0 Å². The molecule has 1 heterocycles. The molecule has 0 aliphatic carbocycles. The summed E-state index contributed by atoms with van der Waals surface area (Å²) in [6, 6.07) is 3.42. The summed E-state index contributed by atoms with van der Waals surface area (Å²) >= 11 is 4.16. The Morgan fingerprint density at radius 2 is 2.28 bits per heavy atom. The van der Waals surface area contributed by atoms with E-state index in [0.29, 0.717) is 5.82 Å². The highest BCUT2D eigenvalue weighted by atomic mass is 79.9. The summed E-state index contributed by atoms with van der Waals surface area (Å²) < 4.78 is 0.824. The minimum absolute atomic E-state index is 0.0351. The maximum absolute atomic E-state index is 11.5. The molecular formula is C9H11BrN6OS. The van der Waals surface area contributed by atoms with Gasteiger partial charge in [-0.05, 0) is 28.1 Å². The number of anilines is 1. The molecule has 9 heteroatoms. The predicted molar refractivity (Wildman–Crippen MR) is 76.6 cm³/mol. The number of nitrogens with one attached hydrogen (secondary N) is 2. The number of nitrogens with zero attached hydrogens (tertiary/aromatic N) is 2. The van der Waals surface area contributed by atoms with Crippen LogP contribution in [-0.2, 0) is 4.79 Å². The lowest BCUT2D eigenvalue weighted by Gasteiger charge is -2.03. The lowest BCUT2D eigenvalue weighted by atomic mass is 10.4. The van der Waals surface area contributed by atoms with Crippen LogP contribution in [0.4, 0.5) is 5.82 Å². The van der Waals surface area contributed by atoms with Crippen molar-refractivity contribution in [2.75, 3.05) is 11.1 Å². The lowest BCUT2D eigenvalue weighted by Crippen LogP contribution is -2.24. The second-order valence-electron chi connectivity index (χ2n) is 3.04. The zero-order chi connectivity index (χ0) is 13.5. The van der Waals surface area contributed by atoms with Crippen molar-refractivity contribution in [3.8, 4) is 0 Å². The third-order valence-electron chi connectivity index (χ3n) is 1.57. The molecule has 0 aliphatic heterocycles. The predicted octanol–water partition coefficient (Wildman–Crippen LogP) is 0.724. The van der Waals surface area contributed by atoms with Crippen molar-refractivity contribution in [1.82, 2.24) is 4.98 Å². The molecule has 18 heavy (non-hydrogen) atoms. The van der Waals surface area contributed by atoms with E-state index < -0.39 is 0 Å². The summed E-state index contributed by atoms with van der Waals surface area (Å²) in [5.41, 5.74) is 10.2. The van der Waals surface area contributed by atoms with Crippen molar-refractivity contribution in [1.29, 1.82) is 5.41 Å². The summed E-state index contributed by atoms with van der Waals surface area (Å²) in [7, 11) is 0. The average molecular weight is 331 g/mol. The molecule has 1 rings (SSSR count). The number of amidine groups is 1. The third kappa shape index (κ3) is 5.64. The molecule has 0 aromatic carbocycles. The zero-order valence-electron chi connectivity index (χ0n) is 9.18. The topological polar surface area (TPSA) is 130 Å². The van der Waals surface area contributed by atoms with Gasteiger partial charge in [-0.2, -0.15) is 4.99 Å². The molecule has 1 aromatic rings. The van der Waals surface area contributed by atoms with Gasteiger partial charge in [-0.15, -0.1) is 0 Å².